The van der Waals surface area contributed by atoms with E-state index >= 15 is 0 Å². The van der Waals surface area contributed by atoms with E-state index in [9.17, 15) is 0 Å². The summed E-state index contributed by atoms with van der Waals surface area (Å²) in [4.78, 5) is 0. The van der Waals surface area contributed by atoms with Gasteiger partial charge in [0.15, 0.2) is 0 Å². The molecule has 0 radical (unpaired) electrons. The Morgan fingerprint density at radius 3 is 1.40 bits per heavy atom. The number of rotatable bonds is 1. The SMILES string of the molecule is COc1ccc([AsH2])cc1.F.F.F.F.F.F. The van der Waals surface area contributed by atoms with Crippen LogP contribution in [0.2, 0.25) is 0 Å². The third kappa shape index (κ3) is 13.2. The second kappa shape index (κ2) is 18.8. The van der Waals surface area contributed by atoms with Crippen molar-refractivity contribution in [2.45, 2.75) is 0 Å². The molecule has 0 spiro atoms. The number of ether oxygens (including phenoxy) is 1. The fourth-order valence-electron chi connectivity index (χ4n) is 0.604. The van der Waals surface area contributed by atoms with E-state index in [-0.39, 0.29) is 28.2 Å². The van der Waals surface area contributed by atoms with Crippen molar-refractivity contribution >= 4 is 21.2 Å². The molecule has 1 aromatic carbocycles. The first-order chi connectivity index (χ1) is 4.33. The Labute approximate surface area is 91.9 Å². The Morgan fingerprint density at radius 2 is 1.13 bits per heavy atom. The molecule has 0 N–H and O–H groups in total. The second-order valence-corrected chi connectivity index (χ2v) is 3.17. The van der Waals surface area contributed by atoms with Gasteiger partial charge in [-0.1, -0.05) is 0 Å². The van der Waals surface area contributed by atoms with E-state index in [0.717, 1.165) is 5.75 Å². The number of halogens is 6. The van der Waals surface area contributed by atoms with Crippen molar-refractivity contribution in [3.8, 4) is 5.75 Å². The van der Waals surface area contributed by atoms with E-state index in [0.29, 0.717) is 0 Å². The van der Waals surface area contributed by atoms with Crippen LogP contribution in [-0.2, 0) is 0 Å². The van der Waals surface area contributed by atoms with Gasteiger partial charge < -0.3 is 0 Å². The van der Waals surface area contributed by atoms with E-state index in [1.807, 2.05) is 12.1 Å². The fourth-order valence-corrected chi connectivity index (χ4v) is 1.01. The van der Waals surface area contributed by atoms with Crippen molar-refractivity contribution < 1.29 is 33.0 Å². The predicted octanol–water partition coefficient (Wildman–Crippen LogP) is 0.869. The zero-order chi connectivity index (χ0) is 6.69. The van der Waals surface area contributed by atoms with Crippen LogP contribution in [0, 0.1) is 0 Å². The molecule has 0 aliphatic heterocycles. The van der Waals surface area contributed by atoms with Gasteiger partial charge in [0, 0.05) is 0 Å². The molecule has 0 saturated heterocycles. The molecule has 0 heterocycles. The summed E-state index contributed by atoms with van der Waals surface area (Å²) in [5.74, 6) is 0.927. The van der Waals surface area contributed by atoms with Crippen LogP contribution in [-0.4, -0.2) is 24.0 Å². The van der Waals surface area contributed by atoms with E-state index in [1.165, 1.54) is 4.35 Å². The molecule has 0 aliphatic rings. The molecule has 0 aliphatic carbocycles. The van der Waals surface area contributed by atoms with Crippen LogP contribution in [0.25, 0.3) is 0 Å². The summed E-state index contributed by atoms with van der Waals surface area (Å²) in [6, 6.07) is 8.05. The first kappa shape index (κ1) is 36.8. The molecule has 0 saturated carbocycles. The van der Waals surface area contributed by atoms with Crippen molar-refractivity contribution in [1.82, 2.24) is 0 Å². The van der Waals surface area contributed by atoms with E-state index in [1.54, 1.807) is 24.0 Å². The summed E-state index contributed by atoms with van der Waals surface area (Å²) in [5, 5.41) is 0. The average Bonchev–Trinajstić information content (AvgIpc) is 1.90. The molecule has 8 heteroatoms. The fraction of sp³-hybridized carbons (Fsp3) is 0.143. The molecular formula is C7H15AsF6O. The average molecular weight is 304 g/mol. The van der Waals surface area contributed by atoms with Crippen molar-refractivity contribution in [1.29, 1.82) is 0 Å². The summed E-state index contributed by atoms with van der Waals surface area (Å²) in [6.45, 7) is 0. The molecule has 1 atom stereocenters. The molecule has 1 rings (SSSR count). The minimum absolute atomic E-state index is 0. The number of methoxy groups -OCH3 is 1. The molecule has 0 aromatic heterocycles. The Bertz CT molecular complexity index is 195. The third-order valence-electron chi connectivity index (χ3n) is 1.12. The van der Waals surface area contributed by atoms with Crippen molar-refractivity contribution in [3.63, 3.8) is 0 Å². The number of hydrogen-bond donors (Lipinski definition) is 0. The summed E-state index contributed by atoms with van der Waals surface area (Å²) < 4.78 is 6.30. The zero-order valence-electron chi connectivity index (χ0n) is 7.74. The van der Waals surface area contributed by atoms with Crippen LogP contribution in [0.15, 0.2) is 24.3 Å². The molecular weight excluding hydrogens is 289 g/mol. The Hall–Kier alpha value is -0.842. The topological polar surface area (TPSA) is 9.23 Å². The molecule has 15 heavy (non-hydrogen) atoms. The van der Waals surface area contributed by atoms with Crippen LogP contribution >= 0.6 is 0 Å². The van der Waals surface area contributed by atoms with Gasteiger partial charge in [-0.25, -0.2) is 0 Å². The molecule has 1 aromatic rings. The number of hydrogen-bond acceptors (Lipinski definition) is 1. The van der Waals surface area contributed by atoms with Gasteiger partial charge in [0.2, 0.25) is 0 Å². The number of benzene rings is 1. The summed E-state index contributed by atoms with van der Waals surface area (Å²) in [6.07, 6.45) is 0. The van der Waals surface area contributed by atoms with Crippen LogP contribution < -0.4 is 9.09 Å². The van der Waals surface area contributed by atoms with Gasteiger partial charge in [0.1, 0.15) is 0 Å². The molecule has 96 valence electrons. The van der Waals surface area contributed by atoms with Gasteiger partial charge in [-0.05, 0) is 0 Å². The molecule has 0 amide bonds. The first-order valence-corrected chi connectivity index (χ1v) is 3.93. The van der Waals surface area contributed by atoms with Crippen LogP contribution in [0.5, 0.6) is 5.75 Å². The third-order valence-corrected chi connectivity index (χ3v) is 1.92. The van der Waals surface area contributed by atoms with E-state index in [4.69, 9.17) is 4.74 Å². The second-order valence-electron chi connectivity index (χ2n) is 1.77. The van der Waals surface area contributed by atoms with Crippen molar-refractivity contribution in [2.24, 2.45) is 0 Å². The van der Waals surface area contributed by atoms with Gasteiger partial charge in [0.25, 0.3) is 0 Å². The largest absolute Gasteiger partial charge is 0.269 e. The maximum atomic E-state index is 4.98. The minimum Gasteiger partial charge on any atom is -0.269 e. The Balaban J connectivity index is -0.0000000337. The summed E-state index contributed by atoms with van der Waals surface area (Å²) in [7, 11) is 1.68. The van der Waals surface area contributed by atoms with Gasteiger partial charge in [-0.3, -0.25) is 28.2 Å². The molecule has 0 bridgehead atoms. The van der Waals surface area contributed by atoms with Crippen LogP contribution in [0.3, 0.4) is 0 Å². The zero-order valence-corrected chi connectivity index (χ0v) is 10.2. The van der Waals surface area contributed by atoms with Crippen LogP contribution in [0.1, 0.15) is 0 Å². The van der Waals surface area contributed by atoms with Crippen LogP contribution in [0.4, 0.5) is 28.2 Å². The monoisotopic (exact) mass is 304 g/mol. The molecule has 1 unspecified atom stereocenters. The van der Waals surface area contributed by atoms with E-state index in [2.05, 4.69) is 12.1 Å². The Morgan fingerprint density at radius 1 is 0.800 bits per heavy atom. The molecule has 0 fully saturated rings. The maximum Gasteiger partial charge on any atom is -0.269 e. The first-order valence-electron chi connectivity index (χ1n) is 2.72. The molecule has 1 nitrogen and oxygen atoms in total. The summed E-state index contributed by atoms with van der Waals surface area (Å²) >= 11 is 1.63. The summed E-state index contributed by atoms with van der Waals surface area (Å²) in [5.41, 5.74) is 0. The normalized spacial score (nSPS) is 5.47. The van der Waals surface area contributed by atoms with Gasteiger partial charge in [-0.15, -0.1) is 0 Å². The maximum absolute atomic E-state index is 4.98. The standard InChI is InChI=1S/C7H9AsO.6FH/c1-9-7-4-2-6(8)3-5-7;;;;;;/h2-5H,8H2,1H3;6*1H. The van der Waals surface area contributed by atoms with Crippen molar-refractivity contribution in [3.05, 3.63) is 24.3 Å². The minimum atomic E-state index is 0. The smallest absolute Gasteiger partial charge is 0.269 e. The van der Waals surface area contributed by atoms with Gasteiger partial charge in [-0.2, -0.15) is 0 Å². The Kier molecular flexibility index (Phi) is 46.3. The van der Waals surface area contributed by atoms with Gasteiger partial charge >= 0.3 is 63.1 Å². The van der Waals surface area contributed by atoms with Gasteiger partial charge in [0.05, 0.1) is 0 Å². The quantitative estimate of drug-likeness (QED) is 0.553. The van der Waals surface area contributed by atoms with Crippen molar-refractivity contribution in [2.75, 3.05) is 7.11 Å². The predicted molar refractivity (Wildman–Crippen MR) is 56.2 cm³/mol. The van der Waals surface area contributed by atoms with E-state index < -0.39 is 0 Å².